The summed E-state index contributed by atoms with van der Waals surface area (Å²) in [6.45, 7) is 0.274. The smallest absolute Gasteiger partial charge is 0.222 e. The van der Waals surface area contributed by atoms with E-state index in [2.05, 4.69) is 6.07 Å². The van der Waals surface area contributed by atoms with Crippen LogP contribution in [0.25, 0.3) is 10.8 Å². The van der Waals surface area contributed by atoms with Gasteiger partial charge in [0.05, 0.1) is 13.0 Å². The number of nitrogens with two attached hydrogens (primary N) is 2. The number of hydrogen-bond acceptors (Lipinski definition) is 3. The lowest BCUT2D eigenvalue weighted by Crippen LogP contribution is -2.31. The molecule has 0 bridgehead atoms. The van der Waals surface area contributed by atoms with Crippen LogP contribution in [0.3, 0.4) is 0 Å². The Bertz CT molecular complexity index is 596. The van der Waals surface area contributed by atoms with Crippen molar-refractivity contribution in [1.82, 2.24) is 0 Å². The van der Waals surface area contributed by atoms with Gasteiger partial charge >= 0.3 is 0 Å². The Labute approximate surface area is 112 Å². The Kier molecular flexibility index (Phi) is 4.02. The predicted octanol–water partition coefficient (Wildman–Crippen LogP) is 1.45. The topological polar surface area (TPSA) is 78.3 Å². The van der Waals surface area contributed by atoms with Crippen molar-refractivity contribution in [3.8, 4) is 5.75 Å². The zero-order valence-electron chi connectivity index (χ0n) is 10.9. The van der Waals surface area contributed by atoms with E-state index in [1.54, 1.807) is 7.11 Å². The van der Waals surface area contributed by atoms with Gasteiger partial charge in [-0.2, -0.15) is 0 Å². The molecule has 0 saturated heterocycles. The minimum absolute atomic E-state index is 0.274. The number of carbonyl (C=O) groups excluding carboxylic acids is 1. The number of hydrogen-bond donors (Lipinski definition) is 2. The highest BCUT2D eigenvalue weighted by molar-refractivity contribution is 5.85. The van der Waals surface area contributed by atoms with Crippen molar-refractivity contribution in [3.63, 3.8) is 0 Å². The summed E-state index contributed by atoms with van der Waals surface area (Å²) in [7, 11) is 1.65. The number of carbonyl (C=O) groups is 1. The summed E-state index contributed by atoms with van der Waals surface area (Å²) in [5.74, 6) is 0.172. The van der Waals surface area contributed by atoms with Crippen molar-refractivity contribution in [1.29, 1.82) is 0 Å². The van der Waals surface area contributed by atoms with Crippen LogP contribution in [0.15, 0.2) is 36.4 Å². The number of fused-ring (bicyclic) bond motifs is 1. The summed E-state index contributed by atoms with van der Waals surface area (Å²) in [5, 5.41) is 2.21. The number of amides is 1. The Morgan fingerprint density at radius 1 is 1.21 bits per heavy atom. The molecule has 1 unspecified atom stereocenters. The quantitative estimate of drug-likeness (QED) is 0.852. The first-order valence-electron chi connectivity index (χ1n) is 6.20. The van der Waals surface area contributed by atoms with Crippen molar-refractivity contribution in [2.24, 2.45) is 17.4 Å². The lowest BCUT2D eigenvalue weighted by molar-refractivity contribution is -0.121. The predicted molar refractivity (Wildman–Crippen MR) is 75.9 cm³/mol. The molecule has 0 spiro atoms. The molecule has 100 valence electrons. The Hall–Kier alpha value is -2.07. The molecule has 0 fully saturated rings. The molecule has 4 N–H and O–H groups in total. The molecule has 0 saturated carbocycles. The van der Waals surface area contributed by atoms with Gasteiger partial charge in [-0.3, -0.25) is 4.79 Å². The lowest BCUT2D eigenvalue weighted by Gasteiger charge is -2.11. The van der Waals surface area contributed by atoms with Gasteiger partial charge in [0.1, 0.15) is 5.75 Å². The van der Waals surface area contributed by atoms with Gasteiger partial charge < -0.3 is 16.2 Å². The molecule has 19 heavy (non-hydrogen) atoms. The fraction of sp³-hybridized carbons (Fsp3) is 0.267. The van der Waals surface area contributed by atoms with E-state index in [0.717, 1.165) is 22.1 Å². The van der Waals surface area contributed by atoms with Crippen molar-refractivity contribution in [3.05, 3.63) is 42.0 Å². The summed E-state index contributed by atoms with van der Waals surface area (Å²) in [6, 6.07) is 12.0. The Morgan fingerprint density at radius 2 is 1.89 bits per heavy atom. The van der Waals surface area contributed by atoms with E-state index in [-0.39, 0.29) is 18.4 Å². The molecule has 0 aliphatic carbocycles. The summed E-state index contributed by atoms with van der Waals surface area (Å²) < 4.78 is 5.19. The van der Waals surface area contributed by atoms with Crippen molar-refractivity contribution in [2.45, 2.75) is 6.42 Å². The van der Waals surface area contributed by atoms with Crippen LogP contribution in [-0.4, -0.2) is 19.6 Å². The molecule has 0 aromatic heterocycles. The van der Waals surface area contributed by atoms with Crippen LogP contribution in [0, 0.1) is 5.92 Å². The number of benzene rings is 2. The Balaban J connectivity index is 2.29. The second-order valence-corrected chi connectivity index (χ2v) is 4.59. The first-order chi connectivity index (χ1) is 9.13. The van der Waals surface area contributed by atoms with E-state index in [4.69, 9.17) is 16.2 Å². The zero-order chi connectivity index (χ0) is 13.8. The highest BCUT2D eigenvalue weighted by Gasteiger charge is 2.14. The van der Waals surface area contributed by atoms with Crippen molar-refractivity contribution >= 4 is 16.7 Å². The second kappa shape index (κ2) is 5.71. The van der Waals surface area contributed by atoms with Crippen LogP contribution < -0.4 is 16.2 Å². The molecule has 1 atom stereocenters. The first kappa shape index (κ1) is 13.4. The third kappa shape index (κ3) is 3.03. The number of rotatable bonds is 5. The standard InChI is InChI=1S/C15H18N2O2/c1-19-14-5-4-11-6-10(2-3-12(11)8-14)7-13(9-16)15(17)18/h2-6,8,13H,7,9,16H2,1H3,(H2,17,18). The maximum atomic E-state index is 11.2. The van der Waals surface area contributed by atoms with Gasteiger partial charge in [0.2, 0.25) is 5.91 Å². The van der Waals surface area contributed by atoms with Gasteiger partial charge in [0, 0.05) is 6.54 Å². The van der Waals surface area contributed by atoms with E-state index < -0.39 is 0 Å². The second-order valence-electron chi connectivity index (χ2n) is 4.59. The SMILES string of the molecule is COc1ccc2cc(CC(CN)C(N)=O)ccc2c1. The largest absolute Gasteiger partial charge is 0.497 e. The van der Waals surface area contributed by atoms with E-state index in [1.165, 1.54) is 0 Å². The zero-order valence-corrected chi connectivity index (χ0v) is 10.9. The van der Waals surface area contributed by atoms with E-state index in [9.17, 15) is 4.79 Å². The van der Waals surface area contributed by atoms with E-state index in [1.807, 2.05) is 30.3 Å². The minimum Gasteiger partial charge on any atom is -0.497 e. The van der Waals surface area contributed by atoms with Gasteiger partial charge in [-0.15, -0.1) is 0 Å². The van der Waals surface area contributed by atoms with Gasteiger partial charge in [0.25, 0.3) is 0 Å². The van der Waals surface area contributed by atoms with Crippen LogP contribution in [0.5, 0.6) is 5.75 Å². The molecule has 4 heteroatoms. The Morgan fingerprint density at radius 3 is 2.53 bits per heavy atom. The maximum Gasteiger partial charge on any atom is 0.222 e. The normalized spacial score (nSPS) is 12.3. The highest BCUT2D eigenvalue weighted by Crippen LogP contribution is 2.22. The summed E-state index contributed by atoms with van der Waals surface area (Å²) in [5.41, 5.74) is 11.9. The van der Waals surface area contributed by atoms with Gasteiger partial charge in [-0.25, -0.2) is 0 Å². The van der Waals surface area contributed by atoms with E-state index >= 15 is 0 Å². The molecule has 0 aliphatic heterocycles. The monoisotopic (exact) mass is 258 g/mol. The average Bonchev–Trinajstić information content (AvgIpc) is 2.43. The number of ether oxygens (including phenoxy) is 1. The summed E-state index contributed by atoms with van der Waals surface area (Å²) >= 11 is 0. The fourth-order valence-corrected chi connectivity index (χ4v) is 2.11. The van der Waals surface area contributed by atoms with Crippen LogP contribution >= 0.6 is 0 Å². The maximum absolute atomic E-state index is 11.2. The molecular formula is C15H18N2O2. The molecule has 0 heterocycles. The highest BCUT2D eigenvalue weighted by atomic mass is 16.5. The van der Waals surface area contributed by atoms with Gasteiger partial charge in [0.15, 0.2) is 0 Å². The first-order valence-corrected chi connectivity index (χ1v) is 6.20. The van der Waals surface area contributed by atoms with Crippen LogP contribution in [0.4, 0.5) is 0 Å². The summed E-state index contributed by atoms with van der Waals surface area (Å²) in [6.07, 6.45) is 0.577. The molecule has 0 aliphatic rings. The number of primary amides is 1. The molecule has 4 nitrogen and oxygen atoms in total. The van der Waals surface area contributed by atoms with Crippen molar-refractivity contribution in [2.75, 3.05) is 13.7 Å². The third-order valence-corrected chi connectivity index (χ3v) is 3.28. The van der Waals surface area contributed by atoms with Crippen LogP contribution in [-0.2, 0) is 11.2 Å². The molecule has 2 aromatic carbocycles. The van der Waals surface area contributed by atoms with Crippen LogP contribution in [0.1, 0.15) is 5.56 Å². The minimum atomic E-state index is -0.350. The lowest BCUT2D eigenvalue weighted by atomic mass is 9.96. The van der Waals surface area contributed by atoms with Gasteiger partial charge in [-0.05, 0) is 34.9 Å². The molecule has 1 amide bonds. The van der Waals surface area contributed by atoms with E-state index in [0.29, 0.717) is 6.42 Å². The van der Waals surface area contributed by atoms with Crippen LogP contribution in [0.2, 0.25) is 0 Å². The van der Waals surface area contributed by atoms with Gasteiger partial charge in [-0.1, -0.05) is 24.3 Å². The number of methoxy groups -OCH3 is 1. The molecular weight excluding hydrogens is 240 g/mol. The van der Waals surface area contributed by atoms with Crippen molar-refractivity contribution < 1.29 is 9.53 Å². The fourth-order valence-electron chi connectivity index (χ4n) is 2.11. The molecule has 0 radical (unpaired) electrons. The molecule has 2 rings (SSSR count). The molecule has 2 aromatic rings. The average molecular weight is 258 g/mol. The third-order valence-electron chi connectivity index (χ3n) is 3.28. The summed E-state index contributed by atoms with van der Waals surface area (Å²) in [4.78, 5) is 11.2.